The van der Waals surface area contributed by atoms with Gasteiger partial charge in [-0.15, -0.1) is 0 Å². The molecule has 0 saturated carbocycles. The minimum Gasteiger partial charge on any atom is -0.495 e. The summed E-state index contributed by atoms with van der Waals surface area (Å²) in [6, 6.07) is 5.60. The van der Waals surface area contributed by atoms with Crippen LogP contribution in [0.5, 0.6) is 5.75 Å². The van der Waals surface area contributed by atoms with Gasteiger partial charge in [-0.3, -0.25) is 0 Å². The Labute approximate surface area is 160 Å². The summed E-state index contributed by atoms with van der Waals surface area (Å²) in [6.45, 7) is 1.23. The fourth-order valence-electron chi connectivity index (χ4n) is 2.25. The second-order valence-corrected chi connectivity index (χ2v) is 6.45. The van der Waals surface area contributed by atoms with Crippen LogP contribution in [-0.4, -0.2) is 49.2 Å². The Morgan fingerprint density at radius 2 is 1.93 bits per heavy atom. The summed E-state index contributed by atoms with van der Waals surface area (Å²) in [7, 11) is 5.29. The Morgan fingerprint density at radius 3 is 2.56 bits per heavy atom. The summed E-state index contributed by atoms with van der Waals surface area (Å²) in [4.78, 5) is 9.66. The zero-order chi connectivity index (χ0) is 20.0. The summed E-state index contributed by atoms with van der Waals surface area (Å²) in [5.74, 6) is 0.298. The first kappa shape index (κ1) is 21.0. The van der Waals surface area contributed by atoms with E-state index in [4.69, 9.17) is 16.3 Å². The number of nitrogens with one attached hydrogen (secondary N) is 2. The van der Waals surface area contributed by atoms with Crippen LogP contribution < -0.4 is 15.4 Å². The molecule has 27 heavy (non-hydrogen) atoms. The van der Waals surface area contributed by atoms with Crippen LogP contribution in [0.25, 0.3) is 0 Å². The van der Waals surface area contributed by atoms with E-state index in [1.807, 2.05) is 19.0 Å². The van der Waals surface area contributed by atoms with Crippen LogP contribution in [0.15, 0.2) is 24.3 Å². The van der Waals surface area contributed by atoms with Gasteiger partial charge in [-0.1, -0.05) is 11.6 Å². The number of hydrogen-bond donors (Lipinski definition) is 2. The van der Waals surface area contributed by atoms with E-state index in [1.54, 1.807) is 18.2 Å². The first-order chi connectivity index (χ1) is 12.7. The van der Waals surface area contributed by atoms with Crippen molar-refractivity contribution >= 4 is 29.1 Å². The summed E-state index contributed by atoms with van der Waals surface area (Å²) < 4.78 is 44.8. The molecule has 2 N–H and O–H groups in total. The van der Waals surface area contributed by atoms with Crippen molar-refractivity contribution in [2.75, 3.05) is 44.9 Å². The van der Waals surface area contributed by atoms with Gasteiger partial charge in [-0.2, -0.15) is 18.2 Å². The molecule has 0 bridgehead atoms. The number of ether oxygens (including phenoxy) is 1. The molecule has 0 radical (unpaired) electrons. The lowest BCUT2D eigenvalue weighted by atomic mass is 10.3. The summed E-state index contributed by atoms with van der Waals surface area (Å²) in [5.41, 5.74) is -0.647. The van der Waals surface area contributed by atoms with E-state index in [-0.39, 0.29) is 11.8 Å². The van der Waals surface area contributed by atoms with Crippen molar-refractivity contribution in [3.05, 3.63) is 35.0 Å². The smallest absolute Gasteiger partial charge is 0.433 e. The first-order valence-electron chi connectivity index (χ1n) is 8.14. The highest BCUT2D eigenvalue weighted by atomic mass is 35.5. The van der Waals surface area contributed by atoms with Crippen LogP contribution in [0, 0.1) is 0 Å². The van der Waals surface area contributed by atoms with Crippen LogP contribution in [0.2, 0.25) is 5.02 Å². The average Bonchev–Trinajstić information content (AvgIpc) is 2.58. The number of methoxy groups -OCH3 is 1. The molecule has 148 valence electrons. The molecule has 0 saturated heterocycles. The predicted octanol–water partition coefficient (Wildman–Crippen LogP) is 4.26. The van der Waals surface area contributed by atoms with E-state index < -0.39 is 11.9 Å². The molecular weight excluding hydrogens is 383 g/mol. The van der Waals surface area contributed by atoms with Gasteiger partial charge >= 0.3 is 6.18 Å². The molecule has 1 aromatic carbocycles. The molecule has 1 heterocycles. The molecule has 0 fully saturated rings. The number of hydrogen-bond acceptors (Lipinski definition) is 6. The minimum atomic E-state index is -4.60. The lowest BCUT2D eigenvalue weighted by molar-refractivity contribution is -0.141. The Morgan fingerprint density at radius 1 is 1.19 bits per heavy atom. The second kappa shape index (κ2) is 9.09. The van der Waals surface area contributed by atoms with Crippen molar-refractivity contribution in [3.8, 4) is 5.75 Å². The van der Waals surface area contributed by atoms with Crippen LogP contribution in [0.3, 0.4) is 0 Å². The molecule has 10 heteroatoms. The molecule has 2 rings (SSSR count). The molecule has 0 atom stereocenters. The number of aromatic nitrogens is 2. The van der Waals surface area contributed by atoms with E-state index in [0.29, 0.717) is 23.0 Å². The third-order valence-corrected chi connectivity index (χ3v) is 3.74. The van der Waals surface area contributed by atoms with E-state index in [9.17, 15) is 13.2 Å². The summed E-state index contributed by atoms with van der Waals surface area (Å²) in [5, 5.41) is 6.06. The van der Waals surface area contributed by atoms with E-state index >= 15 is 0 Å². The monoisotopic (exact) mass is 403 g/mol. The lowest BCUT2D eigenvalue weighted by Gasteiger charge is -2.15. The maximum absolute atomic E-state index is 13.2. The van der Waals surface area contributed by atoms with Gasteiger partial charge in [0, 0.05) is 17.6 Å². The Kier molecular flexibility index (Phi) is 7.09. The van der Waals surface area contributed by atoms with Crippen molar-refractivity contribution in [2.24, 2.45) is 0 Å². The fourth-order valence-corrected chi connectivity index (χ4v) is 2.42. The Hall–Kier alpha value is -2.26. The lowest BCUT2D eigenvalue weighted by Crippen LogP contribution is -2.18. The first-order valence-corrected chi connectivity index (χ1v) is 8.52. The third-order valence-electron chi connectivity index (χ3n) is 3.51. The van der Waals surface area contributed by atoms with Crippen molar-refractivity contribution in [2.45, 2.75) is 12.6 Å². The molecule has 2 aromatic rings. The quantitative estimate of drug-likeness (QED) is 0.642. The molecule has 0 unspecified atom stereocenters. The maximum Gasteiger partial charge on any atom is 0.433 e. The van der Waals surface area contributed by atoms with E-state index in [0.717, 1.165) is 19.0 Å². The van der Waals surface area contributed by atoms with Crippen LogP contribution in [0.4, 0.5) is 30.6 Å². The van der Waals surface area contributed by atoms with Gasteiger partial charge < -0.3 is 20.3 Å². The van der Waals surface area contributed by atoms with Gasteiger partial charge in [0.25, 0.3) is 0 Å². The number of benzene rings is 1. The number of rotatable bonds is 8. The van der Waals surface area contributed by atoms with E-state index in [2.05, 4.69) is 20.6 Å². The number of halogens is 4. The van der Waals surface area contributed by atoms with Crippen LogP contribution in [-0.2, 0) is 6.18 Å². The average molecular weight is 404 g/mol. The second-order valence-electron chi connectivity index (χ2n) is 6.01. The highest BCUT2D eigenvalue weighted by Gasteiger charge is 2.33. The minimum absolute atomic E-state index is 0.0204. The van der Waals surface area contributed by atoms with Crippen molar-refractivity contribution in [1.82, 2.24) is 14.9 Å². The number of anilines is 3. The summed E-state index contributed by atoms with van der Waals surface area (Å²) in [6.07, 6.45) is -3.87. The largest absolute Gasteiger partial charge is 0.495 e. The van der Waals surface area contributed by atoms with Crippen molar-refractivity contribution in [1.29, 1.82) is 0 Å². The molecule has 0 aliphatic heterocycles. The molecule has 0 aliphatic rings. The highest BCUT2D eigenvalue weighted by molar-refractivity contribution is 6.31. The summed E-state index contributed by atoms with van der Waals surface area (Å²) >= 11 is 5.96. The van der Waals surface area contributed by atoms with Crippen LogP contribution in [0.1, 0.15) is 12.1 Å². The number of alkyl halides is 3. The molecule has 0 spiro atoms. The maximum atomic E-state index is 13.2. The van der Waals surface area contributed by atoms with Crippen LogP contribution >= 0.6 is 11.6 Å². The zero-order valence-electron chi connectivity index (χ0n) is 15.2. The van der Waals surface area contributed by atoms with Crippen molar-refractivity contribution < 1.29 is 17.9 Å². The molecule has 1 aromatic heterocycles. The zero-order valence-corrected chi connectivity index (χ0v) is 15.9. The Bertz CT molecular complexity index is 771. The predicted molar refractivity (Wildman–Crippen MR) is 100.0 cm³/mol. The Balaban J connectivity index is 2.27. The van der Waals surface area contributed by atoms with E-state index in [1.165, 1.54) is 7.11 Å². The topological polar surface area (TPSA) is 62.3 Å². The highest BCUT2D eigenvalue weighted by Crippen LogP contribution is 2.33. The van der Waals surface area contributed by atoms with Gasteiger partial charge in [0.05, 0.1) is 12.8 Å². The fraction of sp³-hybridized carbons (Fsp3) is 0.412. The van der Waals surface area contributed by atoms with Gasteiger partial charge in [0.15, 0.2) is 5.69 Å². The van der Waals surface area contributed by atoms with Gasteiger partial charge in [0.1, 0.15) is 11.6 Å². The standard InChI is InChI=1S/C17H21ClF3N5O/c1-26(2)8-4-7-22-16-24-14(17(19,20)21)10-15(25-16)23-12-9-11(18)5-6-13(12)27-3/h5-6,9-10H,4,7-8H2,1-3H3,(H2,22,23,24,25). The van der Waals surface area contributed by atoms with Gasteiger partial charge in [-0.25, -0.2) is 4.98 Å². The molecule has 0 aliphatic carbocycles. The normalized spacial score (nSPS) is 11.6. The van der Waals surface area contributed by atoms with Gasteiger partial charge in [0.2, 0.25) is 5.95 Å². The van der Waals surface area contributed by atoms with Gasteiger partial charge in [-0.05, 0) is 45.3 Å². The molecular formula is C17H21ClF3N5O. The number of nitrogens with zero attached hydrogens (tertiary/aromatic N) is 3. The molecule has 6 nitrogen and oxygen atoms in total. The van der Waals surface area contributed by atoms with Crippen molar-refractivity contribution in [3.63, 3.8) is 0 Å². The molecule has 0 amide bonds. The third kappa shape index (κ3) is 6.44. The SMILES string of the molecule is COc1ccc(Cl)cc1Nc1cc(C(F)(F)F)nc(NCCCN(C)C)n1.